The number of carbonyl (C=O) groups excluding carboxylic acids is 1. The van der Waals surface area contributed by atoms with Crippen LogP contribution < -0.4 is 10.1 Å². The van der Waals surface area contributed by atoms with Gasteiger partial charge < -0.3 is 14.5 Å². The van der Waals surface area contributed by atoms with E-state index >= 15 is 0 Å². The van der Waals surface area contributed by atoms with E-state index in [1.807, 2.05) is 69.3 Å². The highest BCUT2D eigenvalue weighted by Gasteiger charge is 2.13. The number of benzene rings is 2. The summed E-state index contributed by atoms with van der Waals surface area (Å²) in [4.78, 5) is 12.3. The van der Waals surface area contributed by atoms with Crippen LogP contribution in [0.5, 0.6) is 5.75 Å². The topological polar surface area (TPSA) is 77.2 Å². The Balaban J connectivity index is 1.50. The molecule has 3 rings (SSSR count). The fourth-order valence-electron chi connectivity index (χ4n) is 2.80. The van der Waals surface area contributed by atoms with Crippen LogP contribution in [0.4, 0.5) is 0 Å². The minimum absolute atomic E-state index is 0.0588. The molecule has 3 aromatic rings. The van der Waals surface area contributed by atoms with Crippen LogP contribution in [-0.2, 0) is 11.2 Å². The minimum atomic E-state index is -0.0889. The molecule has 0 aliphatic carbocycles. The van der Waals surface area contributed by atoms with Crippen molar-refractivity contribution >= 4 is 5.91 Å². The number of nitrogens with zero attached hydrogens (tertiary/aromatic N) is 2. The van der Waals surface area contributed by atoms with Crippen LogP contribution in [0.3, 0.4) is 0 Å². The quantitative estimate of drug-likeness (QED) is 0.633. The van der Waals surface area contributed by atoms with Gasteiger partial charge in [-0.1, -0.05) is 29.8 Å². The highest BCUT2D eigenvalue weighted by molar-refractivity contribution is 5.76. The lowest BCUT2D eigenvalue weighted by Crippen LogP contribution is -2.26. The summed E-state index contributed by atoms with van der Waals surface area (Å²) >= 11 is 0. The lowest BCUT2D eigenvalue weighted by atomic mass is 10.1. The van der Waals surface area contributed by atoms with Crippen molar-refractivity contribution < 1.29 is 13.9 Å². The van der Waals surface area contributed by atoms with Crippen molar-refractivity contribution in [2.75, 3.05) is 6.61 Å². The van der Waals surface area contributed by atoms with Crippen molar-refractivity contribution in [1.29, 1.82) is 0 Å². The fourth-order valence-corrected chi connectivity index (χ4v) is 2.80. The number of aromatic nitrogens is 2. The molecule has 1 N–H and O–H groups in total. The second kappa shape index (κ2) is 9.17. The van der Waals surface area contributed by atoms with E-state index in [1.165, 1.54) is 5.56 Å². The second-order valence-electron chi connectivity index (χ2n) is 6.66. The van der Waals surface area contributed by atoms with Gasteiger partial charge >= 0.3 is 0 Å². The molecule has 0 aliphatic rings. The van der Waals surface area contributed by atoms with Gasteiger partial charge in [-0.05, 0) is 50.6 Å². The Bertz CT molecular complexity index is 902. The molecule has 0 aliphatic heterocycles. The van der Waals surface area contributed by atoms with Crippen molar-refractivity contribution in [3.8, 4) is 17.2 Å². The van der Waals surface area contributed by atoms with Crippen LogP contribution in [0.1, 0.15) is 43.3 Å². The van der Waals surface area contributed by atoms with Crippen molar-refractivity contribution in [1.82, 2.24) is 15.5 Å². The molecule has 0 bridgehead atoms. The molecule has 1 unspecified atom stereocenters. The first-order chi connectivity index (χ1) is 13.5. The molecule has 146 valence electrons. The van der Waals surface area contributed by atoms with Gasteiger partial charge in [0.15, 0.2) is 0 Å². The Morgan fingerprint density at radius 3 is 2.50 bits per heavy atom. The van der Waals surface area contributed by atoms with Crippen LogP contribution in [0.15, 0.2) is 52.9 Å². The van der Waals surface area contributed by atoms with Crippen LogP contribution in [-0.4, -0.2) is 22.7 Å². The number of rotatable bonds is 8. The number of amides is 1. The summed E-state index contributed by atoms with van der Waals surface area (Å²) in [6.07, 6.45) is 0.692. The van der Waals surface area contributed by atoms with Crippen molar-refractivity contribution in [2.45, 2.75) is 39.7 Å². The van der Waals surface area contributed by atoms with Crippen LogP contribution in [0, 0.1) is 6.92 Å². The van der Waals surface area contributed by atoms with E-state index in [-0.39, 0.29) is 18.4 Å². The smallest absolute Gasteiger partial charge is 0.247 e. The van der Waals surface area contributed by atoms with Gasteiger partial charge in [-0.15, -0.1) is 10.2 Å². The van der Waals surface area contributed by atoms with E-state index in [1.54, 1.807) is 0 Å². The first-order valence-corrected chi connectivity index (χ1v) is 9.46. The van der Waals surface area contributed by atoms with E-state index < -0.39 is 0 Å². The van der Waals surface area contributed by atoms with Gasteiger partial charge in [0, 0.05) is 18.4 Å². The summed E-state index contributed by atoms with van der Waals surface area (Å²) in [7, 11) is 0. The number of hydrogen-bond donors (Lipinski definition) is 1. The van der Waals surface area contributed by atoms with Gasteiger partial charge in [0.2, 0.25) is 17.7 Å². The maximum absolute atomic E-state index is 12.3. The SMILES string of the molecule is CCOc1ccc(C(C)NC(=O)CCc2nnc(-c3ccc(C)cc3)o2)cc1. The molecule has 0 saturated carbocycles. The van der Waals surface area contributed by atoms with Crippen LogP contribution in [0.25, 0.3) is 11.5 Å². The number of hydrogen-bond acceptors (Lipinski definition) is 5. The normalized spacial score (nSPS) is 11.8. The lowest BCUT2D eigenvalue weighted by molar-refractivity contribution is -0.121. The third kappa shape index (κ3) is 5.19. The molecule has 0 saturated heterocycles. The van der Waals surface area contributed by atoms with Crippen molar-refractivity contribution in [3.63, 3.8) is 0 Å². The third-order valence-corrected chi connectivity index (χ3v) is 4.40. The summed E-state index contributed by atoms with van der Waals surface area (Å²) in [5.74, 6) is 1.69. The van der Waals surface area contributed by atoms with Gasteiger partial charge in [0.05, 0.1) is 12.6 Å². The first-order valence-electron chi connectivity index (χ1n) is 9.46. The predicted molar refractivity (Wildman–Crippen MR) is 107 cm³/mol. The molecule has 1 atom stereocenters. The standard InChI is InChI=1S/C22H25N3O3/c1-4-27-19-11-9-17(10-12-19)16(3)23-20(26)13-14-21-24-25-22(28-21)18-7-5-15(2)6-8-18/h5-12,16H,4,13-14H2,1-3H3,(H,23,26). The van der Waals surface area contributed by atoms with Crippen molar-refractivity contribution in [3.05, 3.63) is 65.5 Å². The molecule has 0 spiro atoms. The molecule has 1 heterocycles. The van der Waals surface area contributed by atoms with Gasteiger partial charge in [-0.25, -0.2) is 0 Å². The molecule has 0 fully saturated rings. The van der Waals surface area contributed by atoms with Gasteiger partial charge in [0.25, 0.3) is 0 Å². The minimum Gasteiger partial charge on any atom is -0.494 e. The zero-order chi connectivity index (χ0) is 19.9. The van der Waals surface area contributed by atoms with E-state index in [0.29, 0.717) is 24.8 Å². The van der Waals surface area contributed by atoms with E-state index in [4.69, 9.17) is 9.15 Å². The maximum atomic E-state index is 12.3. The molecule has 1 aromatic heterocycles. The molecular weight excluding hydrogens is 354 g/mol. The first kappa shape index (κ1) is 19.6. The molecule has 0 radical (unpaired) electrons. The third-order valence-electron chi connectivity index (χ3n) is 4.40. The number of nitrogens with one attached hydrogen (secondary N) is 1. The Kier molecular flexibility index (Phi) is 6.42. The highest BCUT2D eigenvalue weighted by Crippen LogP contribution is 2.20. The monoisotopic (exact) mass is 379 g/mol. The van der Waals surface area contributed by atoms with E-state index in [9.17, 15) is 4.79 Å². The number of aryl methyl sites for hydroxylation is 2. The average Bonchev–Trinajstić information content (AvgIpc) is 3.17. The van der Waals surface area contributed by atoms with Crippen LogP contribution >= 0.6 is 0 Å². The lowest BCUT2D eigenvalue weighted by Gasteiger charge is -2.14. The fraction of sp³-hybridized carbons (Fsp3) is 0.318. The molecule has 6 heteroatoms. The Morgan fingerprint density at radius 1 is 1.11 bits per heavy atom. The molecule has 1 amide bonds. The number of carbonyl (C=O) groups is 1. The highest BCUT2D eigenvalue weighted by atomic mass is 16.5. The summed E-state index contributed by atoms with van der Waals surface area (Å²) in [6.45, 7) is 6.56. The van der Waals surface area contributed by atoms with Crippen LogP contribution in [0.2, 0.25) is 0 Å². The molecular formula is C22H25N3O3. The largest absolute Gasteiger partial charge is 0.494 e. The molecule has 2 aromatic carbocycles. The van der Waals surface area contributed by atoms with E-state index in [0.717, 1.165) is 16.9 Å². The van der Waals surface area contributed by atoms with Crippen molar-refractivity contribution in [2.24, 2.45) is 0 Å². The maximum Gasteiger partial charge on any atom is 0.247 e. The summed E-state index contributed by atoms with van der Waals surface area (Å²) in [5.41, 5.74) is 3.07. The molecule has 6 nitrogen and oxygen atoms in total. The Hall–Kier alpha value is -3.15. The van der Waals surface area contributed by atoms with E-state index in [2.05, 4.69) is 15.5 Å². The zero-order valence-electron chi connectivity index (χ0n) is 16.4. The zero-order valence-corrected chi connectivity index (χ0v) is 16.4. The Morgan fingerprint density at radius 2 is 1.82 bits per heavy atom. The summed E-state index contributed by atoms with van der Waals surface area (Å²) < 4.78 is 11.1. The van der Waals surface area contributed by atoms with Gasteiger partial charge in [-0.2, -0.15) is 0 Å². The summed E-state index contributed by atoms with van der Waals surface area (Å²) in [6, 6.07) is 15.5. The van der Waals surface area contributed by atoms with Gasteiger partial charge in [0.1, 0.15) is 5.75 Å². The molecule has 28 heavy (non-hydrogen) atoms. The predicted octanol–water partition coefficient (Wildman–Crippen LogP) is 4.25. The number of ether oxygens (including phenoxy) is 1. The average molecular weight is 379 g/mol. The summed E-state index contributed by atoms with van der Waals surface area (Å²) in [5, 5.41) is 11.1. The second-order valence-corrected chi connectivity index (χ2v) is 6.66. The van der Waals surface area contributed by atoms with Gasteiger partial charge in [-0.3, -0.25) is 4.79 Å². The Labute approximate surface area is 164 Å².